The molecule has 0 aromatic heterocycles. The fourth-order valence-corrected chi connectivity index (χ4v) is 8.84. The average molecular weight is 709 g/mol. The first-order valence-corrected chi connectivity index (χ1v) is 19.4. The molecule has 0 spiro atoms. The number of hydrogen-bond donors (Lipinski definition) is 0. The fourth-order valence-electron chi connectivity index (χ4n) is 8.84. The van der Waals surface area contributed by atoms with Crippen LogP contribution in [0.2, 0.25) is 0 Å². The molecule has 11 rings (SSSR count). The molecule has 0 saturated heterocycles. The van der Waals surface area contributed by atoms with Gasteiger partial charge in [0, 0.05) is 0 Å². The van der Waals surface area contributed by atoms with Crippen LogP contribution in [0.25, 0.3) is 109 Å². The molecule has 11 aromatic carbocycles. The Labute approximate surface area is 326 Å². The van der Waals surface area contributed by atoms with E-state index in [-0.39, 0.29) is 0 Å². The normalized spacial score (nSPS) is 11.6. The lowest BCUT2D eigenvalue weighted by molar-refractivity contribution is 1.61. The van der Waals surface area contributed by atoms with Gasteiger partial charge in [-0.3, -0.25) is 0 Å². The fraction of sp³-hybridized carbons (Fsp3) is 0. The summed E-state index contributed by atoms with van der Waals surface area (Å²) in [4.78, 5) is 0. The Morgan fingerprint density at radius 1 is 0.161 bits per heavy atom. The second-order valence-electron chi connectivity index (χ2n) is 14.9. The van der Waals surface area contributed by atoms with Crippen LogP contribution in [0.4, 0.5) is 0 Å². The van der Waals surface area contributed by atoms with Gasteiger partial charge < -0.3 is 0 Å². The first kappa shape index (κ1) is 32.2. The summed E-state index contributed by atoms with van der Waals surface area (Å²) in [5.41, 5.74) is 12.2. The van der Waals surface area contributed by atoms with Crippen LogP contribution >= 0.6 is 0 Å². The standard InChI is InChI=1S/C56H36/c1-3-11-37(12-4-1)45-29-32-52-53(35-45)55(42-23-19-40(20-24-42)44-27-30-50-47(33-44)25-22-41-16-9-10-18-49(41)50)51-31-28-46(38-13-5-2-6-14-38)36-54(51)56(52)48-26-21-39-15-7-8-17-43(39)34-48/h1-36H. The third-order valence-electron chi connectivity index (χ3n) is 11.6. The second kappa shape index (κ2) is 13.2. The van der Waals surface area contributed by atoms with E-state index in [0.29, 0.717) is 0 Å². The molecule has 0 nitrogen and oxygen atoms in total. The molecule has 0 radical (unpaired) electrons. The molecule has 0 aliphatic carbocycles. The van der Waals surface area contributed by atoms with E-state index >= 15 is 0 Å². The topological polar surface area (TPSA) is 0 Å². The molecule has 0 N–H and O–H groups in total. The quantitative estimate of drug-likeness (QED) is 0.123. The molecule has 0 fully saturated rings. The van der Waals surface area contributed by atoms with Gasteiger partial charge in [-0.25, -0.2) is 0 Å². The van der Waals surface area contributed by atoms with Crippen LogP contribution in [0.5, 0.6) is 0 Å². The van der Waals surface area contributed by atoms with Crippen molar-refractivity contribution >= 4 is 53.9 Å². The highest BCUT2D eigenvalue weighted by Crippen LogP contribution is 2.46. The van der Waals surface area contributed by atoms with Crippen molar-refractivity contribution in [1.29, 1.82) is 0 Å². The van der Waals surface area contributed by atoms with E-state index < -0.39 is 0 Å². The van der Waals surface area contributed by atoms with Gasteiger partial charge in [-0.1, -0.05) is 194 Å². The maximum atomic E-state index is 2.41. The van der Waals surface area contributed by atoms with Gasteiger partial charge in [0.2, 0.25) is 0 Å². The summed E-state index contributed by atoms with van der Waals surface area (Å²) < 4.78 is 0. The summed E-state index contributed by atoms with van der Waals surface area (Å²) in [6.07, 6.45) is 0. The maximum absolute atomic E-state index is 2.41. The van der Waals surface area contributed by atoms with E-state index in [4.69, 9.17) is 0 Å². The van der Waals surface area contributed by atoms with Crippen molar-refractivity contribution in [3.8, 4) is 55.6 Å². The predicted octanol–water partition coefficient (Wildman–Crippen LogP) is 15.8. The van der Waals surface area contributed by atoms with Gasteiger partial charge in [0.05, 0.1) is 0 Å². The summed E-state index contributed by atoms with van der Waals surface area (Å²) >= 11 is 0. The second-order valence-corrected chi connectivity index (χ2v) is 14.9. The summed E-state index contributed by atoms with van der Waals surface area (Å²) in [5.74, 6) is 0. The molecule has 0 amide bonds. The minimum absolute atomic E-state index is 1.21. The zero-order valence-electron chi connectivity index (χ0n) is 30.8. The molecule has 0 unspecified atom stereocenters. The molecule has 260 valence electrons. The highest BCUT2D eigenvalue weighted by molar-refractivity contribution is 6.23. The Morgan fingerprint density at radius 2 is 0.554 bits per heavy atom. The predicted molar refractivity (Wildman–Crippen MR) is 241 cm³/mol. The van der Waals surface area contributed by atoms with Gasteiger partial charge in [0.25, 0.3) is 0 Å². The van der Waals surface area contributed by atoms with Gasteiger partial charge in [0.1, 0.15) is 0 Å². The first-order chi connectivity index (χ1) is 27.7. The van der Waals surface area contributed by atoms with E-state index in [1.165, 1.54) is 109 Å². The smallest absolute Gasteiger partial charge is 0.00259 e. The van der Waals surface area contributed by atoms with Gasteiger partial charge in [-0.2, -0.15) is 0 Å². The van der Waals surface area contributed by atoms with Crippen LogP contribution in [0.15, 0.2) is 218 Å². The largest absolute Gasteiger partial charge is 0.0622 e. The van der Waals surface area contributed by atoms with Crippen LogP contribution in [-0.2, 0) is 0 Å². The molecule has 0 saturated carbocycles. The average Bonchev–Trinajstić information content (AvgIpc) is 3.28. The van der Waals surface area contributed by atoms with E-state index in [9.17, 15) is 0 Å². The zero-order valence-corrected chi connectivity index (χ0v) is 30.8. The van der Waals surface area contributed by atoms with Crippen molar-refractivity contribution in [3.63, 3.8) is 0 Å². The summed E-state index contributed by atoms with van der Waals surface area (Å²) in [6.45, 7) is 0. The van der Waals surface area contributed by atoms with Crippen molar-refractivity contribution < 1.29 is 0 Å². The molecule has 56 heavy (non-hydrogen) atoms. The van der Waals surface area contributed by atoms with Crippen molar-refractivity contribution in [2.75, 3.05) is 0 Å². The van der Waals surface area contributed by atoms with Crippen LogP contribution in [0.3, 0.4) is 0 Å². The van der Waals surface area contributed by atoms with E-state index in [1.54, 1.807) is 0 Å². The molecule has 0 heteroatoms. The minimum Gasteiger partial charge on any atom is -0.0622 e. The lowest BCUT2D eigenvalue weighted by Crippen LogP contribution is -1.93. The molecule has 11 aromatic rings. The van der Waals surface area contributed by atoms with Crippen molar-refractivity contribution in [2.24, 2.45) is 0 Å². The highest BCUT2D eigenvalue weighted by Gasteiger charge is 2.19. The maximum Gasteiger partial charge on any atom is -0.00259 e. The minimum atomic E-state index is 1.21. The highest BCUT2D eigenvalue weighted by atomic mass is 14.2. The molecule has 0 bridgehead atoms. The van der Waals surface area contributed by atoms with Gasteiger partial charge in [0.15, 0.2) is 0 Å². The number of fused-ring (bicyclic) bond motifs is 6. The van der Waals surface area contributed by atoms with Gasteiger partial charge in [-0.15, -0.1) is 0 Å². The Bertz CT molecular complexity index is 3260. The zero-order chi connectivity index (χ0) is 37.0. The van der Waals surface area contributed by atoms with Gasteiger partial charge >= 0.3 is 0 Å². The summed E-state index contributed by atoms with van der Waals surface area (Å²) in [5, 5.41) is 12.6. The Hall–Kier alpha value is -7.28. The first-order valence-electron chi connectivity index (χ1n) is 19.4. The summed E-state index contributed by atoms with van der Waals surface area (Å²) in [7, 11) is 0. The lowest BCUT2D eigenvalue weighted by Gasteiger charge is -2.20. The molecular formula is C56H36. The third kappa shape index (κ3) is 5.46. The number of hydrogen-bond acceptors (Lipinski definition) is 0. The SMILES string of the molecule is c1ccc(-c2ccc3c(-c4ccc5ccccc5c4)c4cc(-c5ccccc5)ccc4c(-c4ccc(-c5ccc6c(ccc7ccccc76)c5)cc4)c3c2)cc1. The van der Waals surface area contributed by atoms with E-state index in [0.717, 1.165) is 0 Å². The van der Waals surface area contributed by atoms with E-state index in [2.05, 4.69) is 218 Å². The lowest BCUT2D eigenvalue weighted by atomic mass is 9.83. The Morgan fingerprint density at radius 3 is 1.21 bits per heavy atom. The molecular weight excluding hydrogens is 673 g/mol. The van der Waals surface area contributed by atoms with Crippen LogP contribution in [-0.4, -0.2) is 0 Å². The molecule has 0 aliphatic heterocycles. The monoisotopic (exact) mass is 708 g/mol. The van der Waals surface area contributed by atoms with Crippen LogP contribution < -0.4 is 0 Å². The van der Waals surface area contributed by atoms with E-state index in [1.807, 2.05) is 0 Å². The van der Waals surface area contributed by atoms with Crippen molar-refractivity contribution in [2.45, 2.75) is 0 Å². The third-order valence-corrected chi connectivity index (χ3v) is 11.6. The Kier molecular flexibility index (Phi) is 7.60. The molecule has 0 atom stereocenters. The van der Waals surface area contributed by atoms with Crippen LogP contribution in [0, 0.1) is 0 Å². The summed E-state index contributed by atoms with van der Waals surface area (Å²) in [6, 6.07) is 80.5. The van der Waals surface area contributed by atoms with Crippen molar-refractivity contribution in [3.05, 3.63) is 218 Å². The number of rotatable bonds is 5. The molecule has 0 heterocycles. The van der Waals surface area contributed by atoms with Gasteiger partial charge in [-0.05, 0) is 134 Å². The van der Waals surface area contributed by atoms with Crippen LogP contribution in [0.1, 0.15) is 0 Å². The van der Waals surface area contributed by atoms with Crippen molar-refractivity contribution in [1.82, 2.24) is 0 Å². The Balaban J connectivity index is 1.16. The number of benzene rings is 11. The molecule has 0 aliphatic rings.